The molecular weight excluding hydrogens is 373 g/mol. The van der Waals surface area contributed by atoms with Crippen molar-refractivity contribution >= 4 is 17.8 Å². The first-order valence-electron chi connectivity index (χ1n) is 9.02. The Labute approximate surface area is 166 Å². The van der Waals surface area contributed by atoms with Crippen LogP contribution in [0.15, 0.2) is 78.9 Å². The summed E-state index contributed by atoms with van der Waals surface area (Å²) in [6.45, 7) is 0. The molecule has 5 nitrogen and oxygen atoms in total. The molecule has 0 radical (unpaired) electrons. The molecule has 3 aromatic rings. The molecule has 2 amide bonds. The van der Waals surface area contributed by atoms with Crippen LogP contribution in [0.5, 0.6) is 5.75 Å². The molecule has 144 valence electrons. The molecular formula is C23H16FNO4. The van der Waals surface area contributed by atoms with Gasteiger partial charge < -0.3 is 4.74 Å². The third-order valence-electron chi connectivity index (χ3n) is 4.71. The first-order chi connectivity index (χ1) is 14.0. The maximum atomic E-state index is 13.1. The average molecular weight is 389 g/mol. The lowest BCUT2D eigenvalue weighted by Crippen LogP contribution is -2.48. The van der Waals surface area contributed by atoms with E-state index in [1.54, 1.807) is 48.5 Å². The highest BCUT2D eigenvalue weighted by Crippen LogP contribution is 2.27. The molecule has 4 rings (SSSR count). The minimum Gasteiger partial charge on any atom is -0.425 e. The number of esters is 1. The summed E-state index contributed by atoms with van der Waals surface area (Å²) in [6, 6.07) is 19.3. The van der Waals surface area contributed by atoms with Crippen LogP contribution in [0.1, 0.15) is 26.3 Å². The zero-order valence-corrected chi connectivity index (χ0v) is 15.2. The summed E-state index contributed by atoms with van der Waals surface area (Å²) < 4.78 is 18.5. The van der Waals surface area contributed by atoms with Crippen molar-refractivity contribution in [3.63, 3.8) is 0 Å². The van der Waals surface area contributed by atoms with Crippen molar-refractivity contribution in [1.29, 1.82) is 0 Å². The van der Waals surface area contributed by atoms with Crippen molar-refractivity contribution in [2.45, 2.75) is 12.5 Å². The van der Waals surface area contributed by atoms with Crippen molar-refractivity contribution in [1.82, 2.24) is 4.90 Å². The second-order valence-electron chi connectivity index (χ2n) is 6.61. The Bertz CT molecular complexity index is 1040. The number of hydrogen-bond acceptors (Lipinski definition) is 4. The molecule has 1 aliphatic heterocycles. The minimum absolute atomic E-state index is 0.104. The van der Waals surface area contributed by atoms with Gasteiger partial charge in [0.2, 0.25) is 0 Å². The van der Waals surface area contributed by atoms with Gasteiger partial charge in [-0.2, -0.15) is 0 Å². The summed E-state index contributed by atoms with van der Waals surface area (Å²) in [5.74, 6) is -2.18. The Balaban J connectivity index is 1.67. The maximum Gasteiger partial charge on any atom is 0.335 e. The molecule has 1 aliphatic rings. The van der Waals surface area contributed by atoms with Gasteiger partial charge in [0.25, 0.3) is 11.8 Å². The summed E-state index contributed by atoms with van der Waals surface area (Å²) in [5, 5.41) is 0. The highest BCUT2D eigenvalue weighted by Gasteiger charge is 2.43. The van der Waals surface area contributed by atoms with Crippen LogP contribution in [-0.2, 0) is 11.2 Å². The molecule has 0 aromatic heterocycles. The zero-order chi connectivity index (χ0) is 20.4. The molecule has 1 atom stereocenters. The second-order valence-corrected chi connectivity index (χ2v) is 6.61. The lowest BCUT2D eigenvalue weighted by Gasteiger charge is -2.24. The third kappa shape index (κ3) is 3.65. The summed E-state index contributed by atoms with van der Waals surface area (Å²) in [5.41, 5.74) is 1.28. The van der Waals surface area contributed by atoms with E-state index in [1.165, 1.54) is 12.1 Å². The van der Waals surface area contributed by atoms with Crippen LogP contribution in [0.4, 0.5) is 4.39 Å². The molecule has 0 saturated heterocycles. The van der Waals surface area contributed by atoms with E-state index >= 15 is 0 Å². The summed E-state index contributed by atoms with van der Waals surface area (Å²) >= 11 is 0. The van der Waals surface area contributed by atoms with Crippen molar-refractivity contribution < 1.29 is 23.5 Å². The SMILES string of the molecule is O=C(Oc1ccc(F)cc1)[C@@H](Cc1ccccc1)N1C(=O)c2ccccc2C1=O. The number of fused-ring (bicyclic) bond motifs is 1. The number of rotatable bonds is 5. The van der Waals surface area contributed by atoms with E-state index in [4.69, 9.17) is 4.74 Å². The fourth-order valence-corrected chi connectivity index (χ4v) is 3.30. The number of carbonyl (C=O) groups excluding carboxylic acids is 3. The number of hydrogen-bond donors (Lipinski definition) is 0. The van der Waals surface area contributed by atoms with Crippen LogP contribution in [-0.4, -0.2) is 28.7 Å². The van der Waals surface area contributed by atoms with E-state index in [1.807, 2.05) is 6.07 Å². The minimum atomic E-state index is -1.16. The topological polar surface area (TPSA) is 63.7 Å². The fourth-order valence-electron chi connectivity index (χ4n) is 3.30. The highest BCUT2D eigenvalue weighted by molar-refractivity contribution is 6.22. The van der Waals surface area contributed by atoms with E-state index in [0.717, 1.165) is 22.6 Å². The van der Waals surface area contributed by atoms with Gasteiger partial charge in [-0.3, -0.25) is 14.5 Å². The number of imide groups is 1. The molecule has 29 heavy (non-hydrogen) atoms. The fraction of sp³-hybridized carbons (Fsp3) is 0.0870. The second kappa shape index (κ2) is 7.67. The van der Waals surface area contributed by atoms with Gasteiger partial charge in [0.1, 0.15) is 17.6 Å². The number of halogens is 1. The number of ether oxygens (including phenoxy) is 1. The van der Waals surface area contributed by atoms with Crippen LogP contribution in [0, 0.1) is 5.82 Å². The zero-order valence-electron chi connectivity index (χ0n) is 15.2. The van der Waals surface area contributed by atoms with E-state index in [-0.39, 0.29) is 23.3 Å². The smallest absolute Gasteiger partial charge is 0.335 e. The van der Waals surface area contributed by atoms with Gasteiger partial charge in [0.05, 0.1) is 11.1 Å². The van der Waals surface area contributed by atoms with Gasteiger partial charge in [-0.15, -0.1) is 0 Å². The number of carbonyl (C=O) groups is 3. The molecule has 0 saturated carbocycles. The first kappa shape index (κ1) is 18.6. The monoisotopic (exact) mass is 389 g/mol. The van der Waals surface area contributed by atoms with E-state index < -0.39 is 29.6 Å². The Hall–Kier alpha value is -3.80. The van der Waals surface area contributed by atoms with Gasteiger partial charge >= 0.3 is 5.97 Å². The Morgan fingerprint density at radius 3 is 1.97 bits per heavy atom. The van der Waals surface area contributed by atoms with Crippen LogP contribution in [0.2, 0.25) is 0 Å². The normalized spacial score (nSPS) is 13.9. The summed E-state index contributed by atoms with van der Waals surface area (Å²) in [6.07, 6.45) is 0.104. The molecule has 0 bridgehead atoms. The van der Waals surface area contributed by atoms with Crippen LogP contribution < -0.4 is 4.74 Å². The van der Waals surface area contributed by atoms with Crippen molar-refractivity contribution in [3.05, 3.63) is 101 Å². The van der Waals surface area contributed by atoms with Gasteiger partial charge in [0.15, 0.2) is 0 Å². The summed E-state index contributed by atoms with van der Waals surface area (Å²) in [7, 11) is 0. The number of nitrogens with zero attached hydrogens (tertiary/aromatic N) is 1. The predicted molar refractivity (Wildman–Crippen MR) is 103 cm³/mol. The quantitative estimate of drug-likeness (QED) is 0.380. The standard InChI is InChI=1S/C23H16FNO4/c24-16-10-12-17(13-11-16)29-23(28)20(14-15-6-2-1-3-7-15)25-21(26)18-8-4-5-9-19(18)22(25)27/h1-13,20H,14H2/t20-/m1/s1. The Kier molecular flexibility index (Phi) is 4.91. The maximum absolute atomic E-state index is 13.1. The van der Waals surface area contributed by atoms with Gasteiger partial charge in [-0.25, -0.2) is 9.18 Å². The van der Waals surface area contributed by atoms with Gasteiger partial charge in [-0.1, -0.05) is 42.5 Å². The van der Waals surface area contributed by atoms with Gasteiger partial charge in [0, 0.05) is 6.42 Å². The molecule has 0 aliphatic carbocycles. The van der Waals surface area contributed by atoms with Crippen molar-refractivity contribution in [2.75, 3.05) is 0 Å². The number of amides is 2. The predicted octanol–water partition coefficient (Wildman–Crippen LogP) is 3.64. The molecule has 0 unspecified atom stereocenters. The molecule has 0 fully saturated rings. The number of benzene rings is 3. The highest BCUT2D eigenvalue weighted by atomic mass is 19.1. The lowest BCUT2D eigenvalue weighted by molar-refractivity contribution is -0.138. The van der Waals surface area contributed by atoms with Crippen molar-refractivity contribution in [2.24, 2.45) is 0 Å². The Morgan fingerprint density at radius 2 is 1.38 bits per heavy atom. The van der Waals surface area contributed by atoms with E-state index in [9.17, 15) is 18.8 Å². The van der Waals surface area contributed by atoms with E-state index in [0.29, 0.717) is 0 Å². The average Bonchev–Trinajstić information content (AvgIpc) is 2.99. The van der Waals surface area contributed by atoms with Crippen LogP contribution in [0.3, 0.4) is 0 Å². The third-order valence-corrected chi connectivity index (χ3v) is 4.71. The summed E-state index contributed by atoms with van der Waals surface area (Å²) in [4.78, 5) is 39.7. The van der Waals surface area contributed by atoms with Crippen molar-refractivity contribution in [3.8, 4) is 5.75 Å². The first-order valence-corrected chi connectivity index (χ1v) is 9.02. The molecule has 1 heterocycles. The van der Waals surface area contributed by atoms with Crippen LogP contribution in [0.25, 0.3) is 0 Å². The molecule has 3 aromatic carbocycles. The Morgan fingerprint density at radius 1 is 0.828 bits per heavy atom. The van der Waals surface area contributed by atoms with Gasteiger partial charge in [-0.05, 0) is 42.0 Å². The van der Waals surface area contributed by atoms with Crippen LogP contribution >= 0.6 is 0 Å². The molecule has 0 N–H and O–H groups in total. The molecule has 6 heteroatoms. The largest absolute Gasteiger partial charge is 0.425 e. The lowest BCUT2D eigenvalue weighted by atomic mass is 10.0. The molecule has 0 spiro atoms. The van der Waals surface area contributed by atoms with E-state index in [2.05, 4.69) is 0 Å².